The van der Waals surface area contributed by atoms with Crippen molar-refractivity contribution in [2.24, 2.45) is 21.8 Å². The molecule has 12 rings (SSSR count). The van der Waals surface area contributed by atoms with Gasteiger partial charge < -0.3 is 40.7 Å². The number of carbonyl (C=O) groups excluding carboxylic acids is 4. The van der Waals surface area contributed by atoms with Gasteiger partial charge in [0.05, 0.1) is 22.1 Å². The van der Waals surface area contributed by atoms with Gasteiger partial charge in [0.1, 0.15) is 42.3 Å². The highest BCUT2D eigenvalue weighted by atomic mass is 32.2. The number of anilines is 8. The zero-order chi connectivity index (χ0) is 85.3. The van der Waals surface area contributed by atoms with Gasteiger partial charge in [-0.1, -0.05) is 88.4 Å². The molecule has 26 nitrogen and oxygen atoms in total. The van der Waals surface area contributed by atoms with E-state index in [9.17, 15) is 71.1 Å². The molecular weight excluding hydrogens is 1570 g/mol. The standard InChI is InChI=1S/C87H88N8O18S4/c1-42(2)86(98)94-84-50(11)33-45(6)79(53(84)14)89-57-29-31-59-67(37-57)113-68-40-64(72(116(106,107)108)38-62(68)77(59)61-23-18-20-25-71(61)115(103,104)105)90-80-46(7)34-49(10)83(54(80)15)93-75(97)27-21-26-74(96)92-82-48(9)32-44(5)78(52(82)13)88-56-28-30-58-66(36-56)112-69-41-65(91-81-47(8)35-51(12)85(55(81)16)95-87(99)43(3)4)73(117(109,110)111)39-63(69)76(58)60-22-17-19-24-70(60)114(100,101)102/h17-20,22-25,28-43,88-89H,21,26-27H2,1-16H3,(H,92,96)(H,93,97)(H,94,98)(H,95,99)(H,100,101,102)(H,103,104,105)(H,106,107,108)(H,109,110,111). The molecule has 4 aliphatic rings. The number of nitrogens with zero attached hydrogens (tertiary/aromatic N) is 2. The van der Waals surface area contributed by atoms with Crippen molar-refractivity contribution in [1.29, 1.82) is 0 Å². The number of fused-ring (bicyclic) bond motifs is 4. The van der Waals surface area contributed by atoms with E-state index in [0.29, 0.717) is 84.4 Å². The minimum Gasteiger partial charge on any atom is -0.456 e. The molecule has 0 atom stereocenters. The average molecular weight is 1660 g/mol. The maximum Gasteiger partial charge on any atom is 0.296 e. The number of hydrogen-bond donors (Lipinski definition) is 10. The Morgan fingerprint density at radius 2 is 0.675 bits per heavy atom. The quantitative estimate of drug-likeness (QED) is 0.0222. The summed E-state index contributed by atoms with van der Waals surface area (Å²) in [6.45, 7) is 28.7. The summed E-state index contributed by atoms with van der Waals surface area (Å²) in [6.07, 6.45) is -0.145. The Hall–Kier alpha value is -11.7. The second kappa shape index (κ2) is 32.4. The number of nitrogens with one attached hydrogen (secondary N) is 6. The average Bonchev–Trinajstić information content (AvgIpc) is 0.735. The van der Waals surface area contributed by atoms with Crippen LogP contribution in [0, 0.1) is 94.9 Å². The minimum absolute atomic E-state index is 0.0112. The van der Waals surface area contributed by atoms with Gasteiger partial charge in [-0.2, -0.15) is 33.7 Å². The molecule has 2 aliphatic heterocycles. The first-order valence-corrected chi connectivity index (χ1v) is 43.0. The molecule has 0 saturated carbocycles. The molecule has 2 aliphatic carbocycles. The van der Waals surface area contributed by atoms with Crippen LogP contribution < -0.4 is 42.6 Å². The molecular formula is C87H88N8O18S4. The molecule has 8 aromatic rings. The van der Waals surface area contributed by atoms with E-state index in [-0.39, 0.29) is 132 Å². The number of carbonyl (C=O) groups is 4. The Morgan fingerprint density at radius 3 is 1.03 bits per heavy atom. The Bertz CT molecular complexity index is 6810. The van der Waals surface area contributed by atoms with Gasteiger partial charge in [0.25, 0.3) is 40.5 Å². The van der Waals surface area contributed by atoms with Gasteiger partial charge in [-0.25, -0.2) is 9.98 Å². The molecule has 30 heteroatoms. The second-order valence-electron chi connectivity index (χ2n) is 30.1. The Balaban J connectivity index is 0.833. The third kappa shape index (κ3) is 17.4. The maximum atomic E-state index is 14.0. The summed E-state index contributed by atoms with van der Waals surface area (Å²) in [7, 11) is -20.1. The fourth-order valence-corrected chi connectivity index (χ4v) is 17.7. The van der Waals surface area contributed by atoms with E-state index >= 15 is 0 Å². The van der Waals surface area contributed by atoms with Crippen LogP contribution in [-0.2, 0) is 59.7 Å². The summed E-state index contributed by atoms with van der Waals surface area (Å²) in [5.41, 5.74) is 13.1. The lowest BCUT2D eigenvalue weighted by Gasteiger charge is -2.21. The van der Waals surface area contributed by atoms with Crippen molar-refractivity contribution in [2.45, 2.75) is 150 Å². The lowest BCUT2D eigenvalue weighted by atomic mass is 9.93. The molecule has 0 radical (unpaired) electrons. The van der Waals surface area contributed by atoms with Crippen LogP contribution in [0.1, 0.15) is 114 Å². The first-order valence-electron chi connectivity index (χ1n) is 37.3. The van der Waals surface area contributed by atoms with Crippen molar-refractivity contribution in [3.05, 3.63) is 211 Å². The Kier molecular flexibility index (Phi) is 23.4. The molecule has 0 fully saturated rings. The molecule has 8 aromatic carbocycles. The predicted molar refractivity (Wildman–Crippen MR) is 453 cm³/mol. The van der Waals surface area contributed by atoms with Gasteiger partial charge in [0.15, 0.2) is 0 Å². The summed E-state index contributed by atoms with van der Waals surface area (Å²) in [6, 6.07) is 33.2. The molecule has 0 saturated heterocycles. The van der Waals surface area contributed by atoms with Gasteiger partial charge in [-0.15, -0.1) is 0 Å². The van der Waals surface area contributed by atoms with Crippen LogP contribution in [0.4, 0.5) is 56.9 Å². The number of benzene rings is 10. The number of hydrogen-bond acceptors (Lipinski definition) is 18. The third-order valence-electron chi connectivity index (χ3n) is 20.7. The number of aryl methyl sites for hydroxylation is 8. The lowest BCUT2D eigenvalue weighted by molar-refractivity contribution is -0.119. The largest absolute Gasteiger partial charge is 0.456 e. The SMILES string of the molecule is Cc1cc(C)c(NC(=O)CCCC(=O)Nc2c(C)cc(C)c(Nc3ccc4c(-c5ccccc5S(=O)(=O)O)c5cc(S(=O)(=O)O)c(=Nc6c(C)cc(C)c(NC(=O)C(C)C)c6C)cc-5oc4c3)c2C)c(C)c1N=c1cc2oc3cc(Nc4c(C)cc(C)c(NC(=O)C(C)C)c4C)ccc3c(-c3ccccc3S(=O)(=O)O)c-2cc1S(=O)(=O)O. The predicted octanol–water partition coefficient (Wildman–Crippen LogP) is 18.3. The van der Waals surface area contributed by atoms with Crippen LogP contribution in [0.3, 0.4) is 0 Å². The van der Waals surface area contributed by atoms with Crippen molar-refractivity contribution >= 4 is 143 Å². The number of rotatable bonds is 22. The summed E-state index contributed by atoms with van der Waals surface area (Å²) < 4.78 is 163. The van der Waals surface area contributed by atoms with Crippen molar-refractivity contribution in [1.82, 2.24) is 0 Å². The Morgan fingerprint density at radius 1 is 0.359 bits per heavy atom. The lowest BCUT2D eigenvalue weighted by Crippen LogP contribution is -2.19. The molecule has 117 heavy (non-hydrogen) atoms. The fraction of sp³-hybridized carbons (Fsp3) is 0.241. The zero-order valence-electron chi connectivity index (χ0n) is 67.0. The maximum absolute atomic E-state index is 14.0. The van der Waals surface area contributed by atoms with Gasteiger partial charge >= 0.3 is 0 Å². The highest BCUT2D eigenvalue weighted by Crippen LogP contribution is 2.48. The monoisotopic (exact) mass is 1660 g/mol. The van der Waals surface area contributed by atoms with E-state index < -0.39 is 71.9 Å². The first-order chi connectivity index (χ1) is 54.8. The van der Waals surface area contributed by atoms with E-state index in [1.54, 1.807) is 124 Å². The fourth-order valence-electron chi connectivity index (χ4n) is 15.0. The van der Waals surface area contributed by atoms with Gasteiger partial charge in [-0.3, -0.25) is 37.4 Å². The molecule has 2 heterocycles. The van der Waals surface area contributed by atoms with E-state index in [1.807, 2.05) is 53.7 Å². The van der Waals surface area contributed by atoms with Crippen LogP contribution in [0.2, 0.25) is 0 Å². The van der Waals surface area contributed by atoms with Crippen molar-refractivity contribution < 1.29 is 79.9 Å². The van der Waals surface area contributed by atoms with E-state index in [0.717, 1.165) is 39.9 Å². The van der Waals surface area contributed by atoms with Crippen molar-refractivity contribution in [3.8, 4) is 44.9 Å². The molecule has 0 spiro atoms. The topological polar surface area (TPSA) is 409 Å². The van der Waals surface area contributed by atoms with Crippen molar-refractivity contribution in [3.63, 3.8) is 0 Å². The van der Waals surface area contributed by atoms with Gasteiger partial charge in [0, 0.05) is 139 Å². The van der Waals surface area contributed by atoms with Crippen LogP contribution in [-0.4, -0.2) is 75.5 Å². The third-order valence-corrected chi connectivity index (χ3v) is 24.3. The normalized spacial score (nSPS) is 12.5. The molecule has 608 valence electrons. The first kappa shape index (κ1) is 84.7. The summed E-state index contributed by atoms with van der Waals surface area (Å²) in [4.78, 5) is 61.3. The van der Waals surface area contributed by atoms with Crippen LogP contribution in [0.25, 0.3) is 66.8 Å². The Labute approximate surface area is 677 Å². The highest BCUT2D eigenvalue weighted by Gasteiger charge is 2.31. The second-order valence-corrected chi connectivity index (χ2v) is 35.7. The summed E-state index contributed by atoms with van der Waals surface area (Å²) in [5, 5.41) is 18.9. The van der Waals surface area contributed by atoms with E-state index in [2.05, 4.69) is 31.9 Å². The van der Waals surface area contributed by atoms with E-state index in [4.69, 9.17) is 18.8 Å². The molecule has 0 unspecified atom stereocenters. The highest BCUT2D eigenvalue weighted by molar-refractivity contribution is 7.86. The zero-order valence-corrected chi connectivity index (χ0v) is 70.3. The number of amides is 4. The van der Waals surface area contributed by atoms with Crippen molar-refractivity contribution in [2.75, 3.05) is 31.9 Å². The molecule has 0 aromatic heterocycles. The van der Waals surface area contributed by atoms with E-state index in [1.165, 1.54) is 54.6 Å². The van der Waals surface area contributed by atoms with Crippen LogP contribution in [0.15, 0.2) is 172 Å². The van der Waals surface area contributed by atoms with Gasteiger partial charge in [-0.05, 0) is 205 Å². The minimum atomic E-state index is -5.16. The smallest absolute Gasteiger partial charge is 0.296 e. The van der Waals surface area contributed by atoms with Crippen LogP contribution >= 0.6 is 0 Å². The summed E-state index contributed by atoms with van der Waals surface area (Å²) >= 11 is 0. The van der Waals surface area contributed by atoms with Gasteiger partial charge in [0.2, 0.25) is 23.6 Å². The molecule has 4 amide bonds. The molecule has 0 bridgehead atoms. The summed E-state index contributed by atoms with van der Waals surface area (Å²) in [5.74, 6) is -2.01. The molecule has 10 N–H and O–H groups in total. The van der Waals surface area contributed by atoms with Crippen LogP contribution in [0.5, 0.6) is 0 Å².